The average Bonchev–Trinajstić information content (AvgIpc) is 2.81. The molecule has 0 fully saturated rings. The highest BCUT2D eigenvalue weighted by molar-refractivity contribution is 5.70. The number of imidazole rings is 1. The third kappa shape index (κ3) is 2.12. The largest absolute Gasteiger partial charge is 0.481 e. The van der Waals surface area contributed by atoms with Crippen LogP contribution in [0.4, 0.5) is 4.39 Å². The summed E-state index contributed by atoms with van der Waals surface area (Å²) in [6.45, 7) is 0.399. The molecule has 0 amide bonds. The molecule has 0 bridgehead atoms. The average molecular weight is 260 g/mol. The first-order valence-corrected chi connectivity index (χ1v) is 6.18. The lowest BCUT2D eigenvalue weighted by molar-refractivity contribution is -0.142. The van der Waals surface area contributed by atoms with Crippen LogP contribution in [0.2, 0.25) is 0 Å². The summed E-state index contributed by atoms with van der Waals surface area (Å²) in [5.74, 6) is -0.862. The van der Waals surface area contributed by atoms with Gasteiger partial charge in [0.25, 0.3) is 0 Å². The van der Waals surface area contributed by atoms with Crippen LogP contribution in [0.5, 0.6) is 0 Å². The van der Waals surface area contributed by atoms with Gasteiger partial charge >= 0.3 is 5.97 Å². The number of carbonyl (C=O) groups is 1. The van der Waals surface area contributed by atoms with Crippen LogP contribution >= 0.6 is 0 Å². The number of aryl methyl sites for hydroxylation is 1. The molecule has 0 saturated carbocycles. The van der Waals surface area contributed by atoms with E-state index in [1.165, 1.54) is 12.1 Å². The van der Waals surface area contributed by atoms with E-state index in [0.717, 1.165) is 5.69 Å². The quantitative estimate of drug-likeness (QED) is 0.901. The second-order valence-electron chi connectivity index (χ2n) is 4.77. The van der Waals surface area contributed by atoms with E-state index in [0.29, 0.717) is 30.8 Å². The number of halogens is 1. The highest BCUT2D eigenvalue weighted by atomic mass is 19.1. The topological polar surface area (TPSA) is 55.1 Å². The lowest BCUT2D eigenvalue weighted by atomic mass is 9.98. The monoisotopic (exact) mass is 260 g/mol. The number of nitrogens with zero attached hydrogens (tertiary/aromatic N) is 2. The Morgan fingerprint density at radius 1 is 1.47 bits per heavy atom. The molecule has 1 aliphatic rings. The second-order valence-corrected chi connectivity index (χ2v) is 4.77. The van der Waals surface area contributed by atoms with Crippen LogP contribution in [0.3, 0.4) is 0 Å². The number of rotatable bonds is 2. The predicted molar refractivity (Wildman–Crippen MR) is 67.1 cm³/mol. The minimum Gasteiger partial charge on any atom is -0.481 e. The number of hydrogen-bond donors (Lipinski definition) is 1. The molecule has 5 heteroatoms. The van der Waals surface area contributed by atoms with Gasteiger partial charge in [0.1, 0.15) is 11.6 Å². The molecule has 1 aromatic heterocycles. The van der Waals surface area contributed by atoms with Gasteiger partial charge < -0.3 is 9.67 Å². The SMILES string of the molecule is O=C(O)C1CCc2cnc(-c3cccc(F)c3)n2C1. The van der Waals surface area contributed by atoms with Gasteiger partial charge in [-0.15, -0.1) is 0 Å². The lowest BCUT2D eigenvalue weighted by Crippen LogP contribution is -2.26. The van der Waals surface area contributed by atoms with Crippen molar-refractivity contribution in [1.29, 1.82) is 0 Å². The third-order valence-corrected chi connectivity index (χ3v) is 3.52. The van der Waals surface area contributed by atoms with Crippen molar-refractivity contribution in [2.45, 2.75) is 19.4 Å². The van der Waals surface area contributed by atoms with Crippen LogP contribution in [0.1, 0.15) is 12.1 Å². The molecule has 98 valence electrons. The number of hydrogen-bond acceptors (Lipinski definition) is 2. The molecule has 1 atom stereocenters. The fourth-order valence-corrected chi connectivity index (χ4v) is 2.51. The van der Waals surface area contributed by atoms with Gasteiger partial charge in [-0.1, -0.05) is 12.1 Å². The maximum Gasteiger partial charge on any atom is 0.308 e. The van der Waals surface area contributed by atoms with E-state index in [1.54, 1.807) is 18.3 Å². The van der Waals surface area contributed by atoms with Crippen molar-refractivity contribution in [3.05, 3.63) is 42.0 Å². The Bertz CT molecular complexity index is 636. The van der Waals surface area contributed by atoms with Gasteiger partial charge in [0.2, 0.25) is 0 Å². The smallest absolute Gasteiger partial charge is 0.308 e. The molecule has 1 aromatic carbocycles. The van der Waals surface area contributed by atoms with Crippen molar-refractivity contribution in [2.24, 2.45) is 5.92 Å². The first kappa shape index (κ1) is 11.9. The Hall–Kier alpha value is -2.17. The molecular weight excluding hydrogens is 247 g/mol. The fourth-order valence-electron chi connectivity index (χ4n) is 2.51. The molecule has 19 heavy (non-hydrogen) atoms. The normalized spacial score (nSPS) is 18.1. The van der Waals surface area contributed by atoms with Crippen molar-refractivity contribution in [3.8, 4) is 11.4 Å². The molecule has 2 aromatic rings. The number of aliphatic carboxylic acids is 1. The number of aromatic nitrogens is 2. The molecule has 1 N–H and O–H groups in total. The summed E-state index contributed by atoms with van der Waals surface area (Å²) in [6.07, 6.45) is 3.07. The van der Waals surface area contributed by atoms with E-state index in [1.807, 2.05) is 4.57 Å². The molecule has 0 spiro atoms. The van der Waals surface area contributed by atoms with Crippen LogP contribution in [0, 0.1) is 11.7 Å². The van der Waals surface area contributed by atoms with E-state index in [-0.39, 0.29) is 5.82 Å². The van der Waals surface area contributed by atoms with Crippen LogP contribution in [-0.2, 0) is 17.8 Å². The van der Waals surface area contributed by atoms with E-state index in [4.69, 9.17) is 5.11 Å². The first-order chi connectivity index (χ1) is 9.15. The molecular formula is C14H13FN2O2. The Labute approximate surface area is 109 Å². The number of carboxylic acids is 1. The minimum absolute atomic E-state index is 0.319. The Kier molecular flexibility index (Phi) is 2.81. The molecule has 4 nitrogen and oxygen atoms in total. The van der Waals surface area contributed by atoms with Crippen molar-refractivity contribution >= 4 is 5.97 Å². The summed E-state index contributed by atoms with van der Waals surface area (Å²) in [7, 11) is 0. The summed E-state index contributed by atoms with van der Waals surface area (Å²) >= 11 is 0. The maximum atomic E-state index is 13.3. The van der Waals surface area contributed by atoms with Crippen molar-refractivity contribution in [2.75, 3.05) is 0 Å². The van der Waals surface area contributed by atoms with Gasteiger partial charge in [-0.25, -0.2) is 9.37 Å². The minimum atomic E-state index is -0.787. The Morgan fingerprint density at radius 3 is 3.05 bits per heavy atom. The summed E-state index contributed by atoms with van der Waals surface area (Å²) in [5.41, 5.74) is 1.69. The van der Waals surface area contributed by atoms with Gasteiger partial charge in [0.15, 0.2) is 0 Å². The predicted octanol–water partition coefficient (Wildman–Crippen LogP) is 2.34. The Balaban J connectivity index is 2.01. The van der Waals surface area contributed by atoms with Gasteiger partial charge in [0, 0.05) is 24.0 Å². The Morgan fingerprint density at radius 2 is 2.32 bits per heavy atom. The van der Waals surface area contributed by atoms with Crippen LogP contribution in [0.15, 0.2) is 30.5 Å². The van der Waals surface area contributed by atoms with Crippen molar-refractivity contribution in [3.63, 3.8) is 0 Å². The number of carboxylic acid groups (broad SMARTS) is 1. The zero-order valence-electron chi connectivity index (χ0n) is 10.2. The van der Waals surface area contributed by atoms with Crippen molar-refractivity contribution < 1.29 is 14.3 Å². The first-order valence-electron chi connectivity index (χ1n) is 6.18. The second kappa shape index (κ2) is 4.50. The maximum absolute atomic E-state index is 13.3. The molecule has 3 rings (SSSR count). The molecule has 0 aliphatic carbocycles. The number of fused-ring (bicyclic) bond motifs is 1. The molecule has 2 heterocycles. The van der Waals surface area contributed by atoms with E-state index in [2.05, 4.69) is 4.98 Å². The fraction of sp³-hybridized carbons (Fsp3) is 0.286. The third-order valence-electron chi connectivity index (χ3n) is 3.52. The zero-order chi connectivity index (χ0) is 13.4. The number of benzene rings is 1. The zero-order valence-corrected chi connectivity index (χ0v) is 10.2. The summed E-state index contributed by atoms with van der Waals surface area (Å²) in [5, 5.41) is 9.11. The highest BCUT2D eigenvalue weighted by Crippen LogP contribution is 2.27. The highest BCUT2D eigenvalue weighted by Gasteiger charge is 2.26. The van der Waals surface area contributed by atoms with Crippen LogP contribution in [-0.4, -0.2) is 20.6 Å². The summed E-state index contributed by atoms with van der Waals surface area (Å²) in [4.78, 5) is 15.4. The summed E-state index contributed by atoms with van der Waals surface area (Å²) < 4.78 is 15.2. The lowest BCUT2D eigenvalue weighted by Gasteiger charge is -2.22. The molecule has 0 saturated heterocycles. The van der Waals surface area contributed by atoms with Gasteiger partial charge in [-0.05, 0) is 25.0 Å². The van der Waals surface area contributed by atoms with Crippen LogP contribution < -0.4 is 0 Å². The van der Waals surface area contributed by atoms with E-state index in [9.17, 15) is 9.18 Å². The van der Waals surface area contributed by atoms with Crippen LogP contribution in [0.25, 0.3) is 11.4 Å². The van der Waals surface area contributed by atoms with Gasteiger partial charge in [-0.2, -0.15) is 0 Å². The molecule has 1 unspecified atom stereocenters. The van der Waals surface area contributed by atoms with E-state index >= 15 is 0 Å². The van der Waals surface area contributed by atoms with E-state index < -0.39 is 11.9 Å². The van der Waals surface area contributed by atoms with Gasteiger partial charge in [0.05, 0.1) is 5.92 Å². The summed E-state index contributed by atoms with van der Waals surface area (Å²) in [6, 6.07) is 6.20. The standard InChI is InChI=1S/C14H13FN2O2/c15-11-3-1-2-9(6-11)13-16-7-12-5-4-10(14(18)19)8-17(12)13/h1-3,6-7,10H,4-5,8H2,(H,18,19). The van der Waals surface area contributed by atoms with Gasteiger partial charge in [-0.3, -0.25) is 4.79 Å². The molecule has 0 radical (unpaired) electrons. The van der Waals surface area contributed by atoms with Crippen molar-refractivity contribution in [1.82, 2.24) is 9.55 Å². The molecule has 1 aliphatic heterocycles.